The Morgan fingerprint density at radius 2 is 1.17 bits per heavy atom. The van der Waals surface area contributed by atoms with Crippen LogP contribution in [-0.4, -0.2) is 44.5 Å². The highest BCUT2D eigenvalue weighted by atomic mass is 16.5. The van der Waals surface area contributed by atoms with Crippen molar-refractivity contribution >= 4 is 11.9 Å². The number of nitriles is 1. The summed E-state index contributed by atoms with van der Waals surface area (Å²) < 4.78 is 21.9. The standard InChI is InChI=1S/C34H59NO6/c1-27-20-31(2,3)24-33(6,21-27)14-12-29(36)39-18-10-8-16-38-17-9-11-19-40-30(37)13-15-34(7)23-28(41-26-35)22-32(4,5)25-34/h27-28H,8-25H2,1-7H3. The molecule has 0 aromatic carbocycles. The second kappa shape index (κ2) is 16.1. The first-order chi connectivity index (χ1) is 19.1. The van der Waals surface area contributed by atoms with Crippen molar-refractivity contribution in [2.75, 3.05) is 26.4 Å². The molecule has 0 aromatic rings. The molecule has 0 amide bonds. The molecular formula is C34H59NO6. The fraction of sp³-hybridized carbons (Fsp3) is 0.912. The quantitative estimate of drug-likeness (QED) is 0.0978. The summed E-state index contributed by atoms with van der Waals surface area (Å²) in [6.07, 6.45) is 13.9. The first kappa shape index (κ1) is 35.4. The minimum atomic E-state index is -0.158. The molecule has 2 fully saturated rings. The number of ether oxygens (including phenoxy) is 4. The molecule has 4 atom stereocenters. The summed E-state index contributed by atoms with van der Waals surface area (Å²) in [5.41, 5.74) is 0.646. The van der Waals surface area contributed by atoms with Gasteiger partial charge in [-0.05, 0) is 105 Å². The monoisotopic (exact) mass is 577 g/mol. The van der Waals surface area contributed by atoms with E-state index in [9.17, 15) is 9.59 Å². The lowest BCUT2D eigenvalue weighted by Gasteiger charge is -2.46. The maximum atomic E-state index is 12.3. The third kappa shape index (κ3) is 14.3. The largest absolute Gasteiger partial charge is 0.466 e. The van der Waals surface area contributed by atoms with Gasteiger partial charge in [0.1, 0.15) is 6.10 Å². The van der Waals surface area contributed by atoms with Gasteiger partial charge in [-0.1, -0.05) is 48.5 Å². The van der Waals surface area contributed by atoms with Gasteiger partial charge in [-0.3, -0.25) is 9.59 Å². The molecule has 0 spiro atoms. The lowest BCUT2D eigenvalue weighted by molar-refractivity contribution is -0.145. The van der Waals surface area contributed by atoms with Crippen LogP contribution in [0.15, 0.2) is 0 Å². The third-order valence-electron chi connectivity index (χ3n) is 9.03. The number of carbonyl (C=O) groups excluding carboxylic acids is 2. The molecule has 0 aliphatic heterocycles. The lowest BCUT2D eigenvalue weighted by atomic mass is 9.60. The molecule has 2 aliphatic rings. The molecule has 0 radical (unpaired) electrons. The second-order valence-electron chi connectivity index (χ2n) is 15.5. The number of hydrogen-bond acceptors (Lipinski definition) is 7. The zero-order valence-electron chi connectivity index (χ0n) is 27.3. The van der Waals surface area contributed by atoms with E-state index in [4.69, 9.17) is 24.2 Å². The summed E-state index contributed by atoms with van der Waals surface area (Å²) in [5.74, 6) is 0.477. The third-order valence-corrected chi connectivity index (χ3v) is 9.03. The average Bonchev–Trinajstić information content (AvgIpc) is 2.82. The van der Waals surface area contributed by atoms with Crippen molar-refractivity contribution in [2.45, 2.75) is 144 Å². The molecule has 2 aliphatic carbocycles. The van der Waals surface area contributed by atoms with Crippen molar-refractivity contribution in [2.24, 2.45) is 27.6 Å². The minimum absolute atomic E-state index is 0.0298. The Balaban J connectivity index is 1.44. The Kier molecular flexibility index (Phi) is 13.9. The van der Waals surface area contributed by atoms with Gasteiger partial charge in [0.25, 0.3) is 6.26 Å². The fourth-order valence-electron chi connectivity index (χ4n) is 8.27. The highest BCUT2D eigenvalue weighted by molar-refractivity contribution is 5.69. The van der Waals surface area contributed by atoms with E-state index in [0.29, 0.717) is 50.6 Å². The summed E-state index contributed by atoms with van der Waals surface area (Å²) in [7, 11) is 0. The molecule has 0 N–H and O–H groups in total. The SMILES string of the molecule is CC1CC(C)(C)CC(C)(CCC(=O)OCCCCOCCCCOC(=O)CCC2(C)CC(OC#N)CC(C)(C)C2)C1. The van der Waals surface area contributed by atoms with E-state index in [1.807, 2.05) is 6.26 Å². The van der Waals surface area contributed by atoms with Gasteiger partial charge in [-0.2, -0.15) is 5.26 Å². The zero-order valence-corrected chi connectivity index (χ0v) is 27.3. The first-order valence-corrected chi connectivity index (χ1v) is 16.1. The van der Waals surface area contributed by atoms with Crippen LogP contribution in [-0.2, 0) is 28.5 Å². The van der Waals surface area contributed by atoms with Gasteiger partial charge in [-0.15, -0.1) is 0 Å². The van der Waals surface area contributed by atoms with Crippen LogP contribution < -0.4 is 0 Å². The smallest absolute Gasteiger partial charge is 0.305 e. The molecule has 7 nitrogen and oxygen atoms in total. The molecule has 0 heterocycles. The molecule has 4 unspecified atom stereocenters. The van der Waals surface area contributed by atoms with Gasteiger partial charge in [0.2, 0.25) is 0 Å². The summed E-state index contributed by atoms with van der Waals surface area (Å²) >= 11 is 0. The normalized spacial score (nSPS) is 28.8. The maximum absolute atomic E-state index is 12.3. The van der Waals surface area contributed by atoms with Crippen LogP contribution in [0.5, 0.6) is 0 Å². The Bertz CT molecular complexity index is 864. The van der Waals surface area contributed by atoms with Gasteiger partial charge in [0, 0.05) is 26.1 Å². The van der Waals surface area contributed by atoms with Crippen molar-refractivity contribution < 1.29 is 28.5 Å². The number of hydrogen-bond donors (Lipinski definition) is 0. The number of rotatable bonds is 17. The molecule has 0 aromatic heterocycles. The van der Waals surface area contributed by atoms with E-state index in [1.165, 1.54) is 19.3 Å². The van der Waals surface area contributed by atoms with E-state index in [0.717, 1.165) is 57.8 Å². The minimum Gasteiger partial charge on any atom is -0.466 e. The van der Waals surface area contributed by atoms with Gasteiger partial charge in [0.05, 0.1) is 13.2 Å². The highest BCUT2D eigenvalue weighted by Crippen LogP contribution is 2.51. The average molecular weight is 578 g/mol. The van der Waals surface area contributed by atoms with Crippen molar-refractivity contribution in [3.63, 3.8) is 0 Å². The van der Waals surface area contributed by atoms with E-state index in [2.05, 4.69) is 48.5 Å². The lowest BCUT2D eigenvalue weighted by Crippen LogP contribution is -2.39. The summed E-state index contributed by atoms with van der Waals surface area (Å²) in [5, 5.41) is 8.92. The number of nitrogens with zero attached hydrogens (tertiary/aromatic N) is 1. The van der Waals surface area contributed by atoms with E-state index in [-0.39, 0.29) is 34.3 Å². The molecular weight excluding hydrogens is 518 g/mol. The van der Waals surface area contributed by atoms with E-state index >= 15 is 0 Å². The first-order valence-electron chi connectivity index (χ1n) is 16.1. The Labute approximate surface area is 250 Å². The zero-order chi connectivity index (χ0) is 30.6. The molecule has 41 heavy (non-hydrogen) atoms. The van der Waals surface area contributed by atoms with Gasteiger partial charge in [0.15, 0.2) is 0 Å². The van der Waals surface area contributed by atoms with Crippen molar-refractivity contribution in [3.05, 3.63) is 0 Å². The fourth-order valence-corrected chi connectivity index (χ4v) is 8.27. The van der Waals surface area contributed by atoms with Crippen molar-refractivity contribution in [3.8, 4) is 6.26 Å². The topological polar surface area (TPSA) is 94.8 Å². The summed E-state index contributed by atoms with van der Waals surface area (Å²) in [4.78, 5) is 24.5. The number of unbranched alkanes of at least 4 members (excludes halogenated alkanes) is 2. The summed E-state index contributed by atoms with van der Waals surface area (Å²) in [6, 6.07) is 0. The molecule has 236 valence electrons. The molecule has 2 saturated carbocycles. The molecule has 0 saturated heterocycles. The van der Waals surface area contributed by atoms with Crippen LogP contribution >= 0.6 is 0 Å². The van der Waals surface area contributed by atoms with Crippen LogP contribution in [0.1, 0.15) is 138 Å². The van der Waals surface area contributed by atoms with E-state index < -0.39 is 0 Å². The summed E-state index contributed by atoms with van der Waals surface area (Å²) in [6.45, 7) is 18.1. The number of carbonyl (C=O) groups is 2. The maximum Gasteiger partial charge on any atom is 0.305 e. The Hall–Kier alpha value is -1.81. The van der Waals surface area contributed by atoms with Crippen LogP contribution in [0.2, 0.25) is 0 Å². The van der Waals surface area contributed by atoms with Crippen LogP contribution in [0, 0.1) is 39.1 Å². The van der Waals surface area contributed by atoms with Crippen LogP contribution in [0.3, 0.4) is 0 Å². The predicted octanol–water partition coefficient (Wildman–Crippen LogP) is 8.15. The molecule has 0 bridgehead atoms. The van der Waals surface area contributed by atoms with Crippen LogP contribution in [0.25, 0.3) is 0 Å². The van der Waals surface area contributed by atoms with Crippen molar-refractivity contribution in [1.29, 1.82) is 5.26 Å². The highest BCUT2D eigenvalue weighted by Gasteiger charge is 2.42. The Morgan fingerprint density at radius 1 is 0.707 bits per heavy atom. The van der Waals surface area contributed by atoms with Crippen LogP contribution in [0.4, 0.5) is 0 Å². The van der Waals surface area contributed by atoms with E-state index in [1.54, 1.807) is 0 Å². The predicted molar refractivity (Wildman–Crippen MR) is 161 cm³/mol. The van der Waals surface area contributed by atoms with Gasteiger partial charge < -0.3 is 18.9 Å². The number of esters is 2. The Morgan fingerprint density at radius 3 is 1.66 bits per heavy atom. The second-order valence-corrected chi connectivity index (χ2v) is 15.5. The van der Waals surface area contributed by atoms with Gasteiger partial charge >= 0.3 is 11.9 Å². The van der Waals surface area contributed by atoms with Gasteiger partial charge in [-0.25, -0.2) is 0 Å². The van der Waals surface area contributed by atoms with Crippen molar-refractivity contribution in [1.82, 2.24) is 0 Å². The molecule has 2 rings (SSSR count). The molecule has 7 heteroatoms.